The Labute approximate surface area is 123 Å². The van der Waals surface area contributed by atoms with E-state index in [9.17, 15) is 9.59 Å². The third-order valence-corrected chi connectivity index (χ3v) is 4.92. The van der Waals surface area contributed by atoms with Gasteiger partial charge in [-0.15, -0.1) is 0 Å². The zero-order chi connectivity index (χ0) is 13.1. The second kappa shape index (κ2) is 3.89. The zero-order valence-corrected chi connectivity index (χ0v) is 12.0. The fraction of sp³-hybridized carbons (Fsp3) is 0.286. The van der Waals surface area contributed by atoms with E-state index in [-0.39, 0.29) is 35.9 Å². The van der Waals surface area contributed by atoms with Crippen LogP contribution in [0.15, 0.2) is 36.4 Å². The summed E-state index contributed by atoms with van der Waals surface area (Å²) in [5.41, 5.74) is 0.687. The van der Waals surface area contributed by atoms with E-state index in [4.69, 9.17) is 4.74 Å². The molecule has 1 aromatic carbocycles. The van der Waals surface area contributed by atoms with Crippen LogP contribution in [0.2, 0.25) is 0 Å². The van der Waals surface area contributed by atoms with Gasteiger partial charge in [-0.25, -0.2) is 4.90 Å². The molecule has 3 aliphatic heterocycles. The summed E-state index contributed by atoms with van der Waals surface area (Å²) in [6, 6.07) is 7.45. The number of ether oxygens (including phenoxy) is 1. The van der Waals surface area contributed by atoms with Gasteiger partial charge in [0.25, 0.3) is 0 Å². The Kier molecular flexibility index (Phi) is 2.38. The van der Waals surface area contributed by atoms with Crippen molar-refractivity contribution >= 4 is 40.1 Å². The van der Waals surface area contributed by atoms with Gasteiger partial charge in [0.1, 0.15) is 0 Å². The average molecular weight is 367 g/mol. The van der Waals surface area contributed by atoms with Crippen LogP contribution in [0.3, 0.4) is 0 Å². The highest BCUT2D eigenvalue weighted by Gasteiger charge is 2.61. The molecule has 4 atom stereocenters. The minimum atomic E-state index is -0.335. The van der Waals surface area contributed by atoms with Crippen LogP contribution in [0.1, 0.15) is 0 Å². The van der Waals surface area contributed by atoms with Crippen LogP contribution in [0.25, 0.3) is 0 Å². The van der Waals surface area contributed by atoms with Gasteiger partial charge in [-0.3, -0.25) is 9.59 Å². The Hall–Kier alpha value is -1.21. The van der Waals surface area contributed by atoms with Gasteiger partial charge >= 0.3 is 0 Å². The van der Waals surface area contributed by atoms with Crippen molar-refractivity contribution in [1.29, 1.82) is 0 Å². The third kappa shape index (κ3) is 1.42. The Morgan fingerprint density at radius 1 is 1.00 bits per heavy atom. The summed E-state index contributed by atoms with van der Waals surface area (Å²) in [5.74, 6) is -0.927. The number of hydrogen-bond acceptors (Lipinski definition) is 3. The van der Waals surface area contributed by atoms with Crippen molar-refractivity contribution in [2.24, 2.45) is 11.8 Å². The number of halogens is 1. The van der Waals surface area contributed by atoms with E-state index in [1.165, 1.54) is 4.90 Å². The lowest BCUT2D eigenvalue weighted by Gasteiger charge is -2.18. The average Bonchev–Trinajstić information content (AvgIpc) is 3.06. The van der Waals surface area contributed by atoms with E-state index in [0.29, 0.717) is 5.69 Å². The van der Waals surface area contributed by atoms with Gasteiger partial charge in [0.15, 0.2) is 0 Å². The van der Waals surface area contributed by atoms with Gasteiger partial charge in [0.2, 0.25) is 11.8 Å². The predicted octanol–water partition coefficient (Wildman–Crippen LogP) is 1.73. The molecule has 0 radical (unpaired) electrons. The lowest BCUT2D eigenvalue weighted by Crippen LogP contribution is -2.34. The molecule has 0 aliphatic carbocycles. The first-order chi connectivity index (χ1) is 9.18. The molecule has 4 nitrogen and oxygen atoms in total. The van der Waals surface area contributed by atoms with Crippen molar-refractivity contribution in [2.45, 2.75) is 12.2 Å². The molecule has 5 heteroatoms. The molecule has 1 aromatic rings. The SMILES string of the molecule is O=C1[C@H]2[C@H](C(=O)N1c1ccccc1I)[C@H]1C=C[C@H]2O1. The molecule has 0 aromatic heterocycles. The highest BCUT2D eigenvalue weighted by molar-refractivity contribution is 14.1. The lowest BCUT2D eigenvalue weighted by atomic mass is 9.85. The summed E-state index contributed by atoms with van der Waals surface area (Å²) in [4.78, 5) is 26.4. The first kappa shape index (κ1) is 11.6. The Morgan fingerprint density at radius 3 is 2.16 bits per heavy atom. The van der Waals surface area contributed by atoms with E-state index in [1.807, 2.05) is 36.4 Å². The quantitative estimate of drug-likeness (QED) is 0.432. The fourth-order valence-electron chi connectivity index (χ4n) is 3.17. The second-order valence-corrected chi connectivity index (χ2v) is 6.13. The molecule has 0 spiro atoms. The van der Waals surface area contributed by atoms with Gasteiger partial charge in [0, 0.05) is 3.57 Å². The maximum atomic E-state index is 12.5. The monoisotopic (exact) mass is 367 g/mol. The van der Waals surface area contributed by atoms with Gasteiger partial charge in [-0.2, -0.15) is 0 Å². The number of carbonyl (C=O) groups excluding carboxylic acids is 2. The normalized spacial score (nSPS) is 35.3. The first-order valence-electron chi connectivity index (χ1n) is 6.14. The predicted molar refractivity (Wildman–Crippen MR) is 76.4 cm³/mol. The number of benzene rings is 1. The van der Waals surface area contributed by atoms with E-state index in [1.54, 1.807) is 0 Å². The summed E-state index contributed by atoms with van der Waals surface area (Å²) < 4.78 is 6.52. The smallest absolute Gasteiger partial charge is 0.240 e. The molecule has 96 valence electrons. The molecule has 2 amide bonds. The molecule has 2 saturated heterocycles. The molecule has 0 unspecified atom stereocenters. The van der Waals surface area contributed by atoms with Crippen molar-refractivity contribution in [3.63, 3.8) is 0 Å². The number of rotatable bonds is 1. The Balaban J connectivity index is 1.79. The van der Waals surface area contributed by atoms with E-state index >= 15 is 0 Å². The van der Waals surface area contributed by atoms with Crippen molar-refractivity contribution in [2.75, 3.05) is 4.90 Å². The molecule has 3 aliphatic rings. The maximum Gasteiger partial charge on any atom is 0.240 e. The minimum absolute atomic E-state index is 0.129. The molecule has 2 fully saturated rings. The van der Waals surface area contributed by atoms with Crippen LogP contribution in [-0.2, 0) is 14.3 Å². The maximum absolute atomic E-state index is 12.5. The fourth-order valence-corrected chi connectivity index (χ4v) is 3.80. The van der Waals surface area contributed by atoms with E-state index in [2.05, 4.69) is 22.6 Å². The molecule has 4 rings (SSSR count). The molecular weight excluding hydrogens is 357 g/mol. The number of nitrogens with zero attached hydrogens (tertiary/aromatic N) is 1. The molecule has 0 N–H and O–H groups in total. The van der Waals surface area contributed by atoms with Crippen LogP contribution in [0.5, 0.6) is 0 Å². The van der Waals surface area contributed by atoms with E-state index < -0.39 is 0 Å². The number of amides is 2. The molecule has 19 heavy (non-hydrogen) atoms. The van der Waals surface area contributed by atoms with Gasteiger partial charge in [-0.1, -0.05) is 24.3 Å². The second-order valence-electron chi connectivity index (χ2n) is 4.97. The summed E-state index contributed by atoms with van der Waals surface area (Å²) in [6.45, 7) is 0. The molecule has 3 heterocycles. The number of fused-ring (bicyclic) bond motifs is 5. The van der Waals surface area contributed by atoms with E-state index in [0.717, 1.165) is 3.57 Å². The lowest BCUT2D eigenvalue weighted by molar-refractivity contribution is -0.124. The summed E-state index contributed by atoms with van der Waals surface area (Å²) >= 11 is 2.15. The number of carbonyl (C=O) groups is 2. The molecule has 2 bridgehead atoms. The van der Waals surface area contributed by atoms with Gasteiger partial charge in [-0.05, 0) is 34.7 Å². The van der Waals surface area contributed by atoms with Crippen LogP contribution >= 0.6 is 22.6 Å². The number of para-hydroxylation sites is 1. The first-order valence-corrected chi connectivity index (χ1v) is 7.22. The minimum Gasteiger partial charge on any atom is -0.365 e. The van der Waals surface area contributed by atoms with Gasteiger partial charge in [0.05, 0.1) is 29.7 Å². The van der Waals surface area contributed by atoms with Crippen LogP contribution < -0.4 is 4.90 Å². The Bertz CT molecular complexity index is 597. The van der Waals surface area contributed by atoms with Crippen molar-refractivity contribution in [1.82, 2.24) is 0 Å². The Morgan fingerprint density at radius 2 is 1.58 bits per heavy atom. The highest BCUT2D eigenvalue weighted by Crippen LogP contribution is 2.46. The number of hydrogen-bond donors (Lipinski definition) is 0. The van der Waals surface area contributed by atoms with Crippen molar-refractivity contribution in [3.8, 4) is 0 Å². The van der Waals surface area contributed by atoms with Crippen molar-refractivity contribution < 1.29 is 14.3 Å². The molecule has 0 saturated carbocycles. The van der Waals surface area contributed by atoms with Crippen LogP contribution in [-0.4, -0.2) is 24.0 Å². The topological polar surface area (TPSA) is 46.6 Å². The highest BCUT2D eigenvalue weighted by atomic mass is 127. The standard InChI is InChI=1S/C14H10INO3/c15-7-3-1-2-4-8(7)16-13(17)11-9-5-6-10(19-9)12(11)14(16)18/h1-6,9-12H/t9-,10-,11-,12-/m1/s1. The largest absolute Gasteiger partial charge is 0.365 e. The van der Waals surface area contributed by atoms with Crippen molar-refractivity contribution in [3.05, 3.63) is 40.0 Å². The van der Waals surface area contributed by atoms with Gasteiger partial charge < -0.3 is 4.74 Å². The molecular formula is C14H10INO3. The summed E-state index contributed by atoms with van der Waals surface area (Å²) in [5, 5.41) is 0. The number of anilines is 1. The summed E-state index contributed by atoms with van der Waals surface area (Å²) in [7, 11) is 0. The van der Waals surface area contributed by atoms with Crippen LogP contribution in [0, 0.1) is 15.4 Å². The third-order valence-electron chi connectivity index (χ3n) is 4.00. The summed E-state index contributed by atoms with van der Waals surface area (Å²) in [6.07, 6.45) is 3.35. The van der Waals surface area contributed by atoms with Crippen LogP contribution in [0.4, 0.5) is 5.69 Å². The zero-order valence-electron chi connectivity index (χ0n) is 9.82. The number of imide groups is 1.